The van der Waals surface area contributed by atoms with E-state index in [1.54, 1.807) is 19.2 Å². The van der Waals surface area contributed by atoms with Gasteiger partial charge in [-0.2, -0.15) is 0 Å². The molecule has 24 heavy (non-hydrogen) atoms. The SMILES string of the molecule is CCOC(=O)/C(O)=C/C=C(\SC)C(=O)c1ccc2ccccc2c1. The summed E-state index contributed by atoms with van der Waals surface area (Å²) in [6.07, 6.45) is 4.37. The lowest BCUT2D eigenvalue weighted by molar-refractivity contribution is -0.141. The summed E-state index contributed by atoms with van der Waals surface area (Å²) < 4.78 is 4.68. The first-order chi connectivity index (χ1) is 11.6. The number of esters is 1. The summed E-state index contributed by atoms with van der Waals surface area (Å²) in [5, 5.41) is 11.6. The van der Waals surface area contributed by atoms with Crippen LogP contribution in [0.25, 0.3) is 10.8 Å². The van der Waals surface area contributed by atoms with Gasteiger partial charge in [0, 0.05) is 5.56 Å². The van der Waals surface area contributed by atoms with Crippen LogP contribution >= 0.6 is 11.8 Å². The van der Waals surface area contributed by atoms with E-state index in [0.717, 1.165) is 10.8 Å². The number of allylic oxidation sites excluding steroid dienone is 3. The molecule has 0 aromatic heterocycles. The Labute approximate surface area is 144 Å². The molecule has 0 atom stereocenters. The normalized spacial score (nSPS) is 12.2. The number of hydrogen-bond acceptors (Lipinski definition) is 5. The highest BCUT2D eigenvalue weighted by molar-refractivity contribution is 8.03. The maximum atomic E-state index is 12.6. The van der Waals surface area contributed by atoms with E-state index in [1.165, 1.54) is 23.9 Å². The number of carbonyl (C=O) groups is 2. The van der Waals surface area contributed by atoms with Gasteiger partial charge in [-0.25, -0.2) is 4.79 Å². The van der Waals surface area contributed by atoms with Crippen molar-refractivity contribution in [2.45, 2.75) is 6.92 Å². The van der Waals surface area contributed by atoms with Crippen LogP contribution < -0.4 is 0 Å². The Morgan fingerprint density at radius 3 is 2.50 bits per heavy atom. The van der Waals surface area contributed by atoms with Crippen molar-refractivity contribution in [2.75, 3.05) is 12.9 Å². The zero-order valence-electron chi connectivity index (χ0n) is 13.5. The number of rotatable bonds is 6. The summed E-state index contributed by atoms with van der Waals surface area (Å²) in [6, 6.07) is 13.3. The van der Waals surface area contributed by atoms with Crippen molar-refractivity contribution in [3.8, 4) is 0 Å². The maximum Gasteiger partial charge on any atom is 0.373 e. The lowest BCUT2D eigenvalue weighted by Gasteiger charge is -2.05. The number of Topliss-reactive ketones (excluding diaryl/α,β-unsaturated/α-hetero) is 1. The van der Waals surface area contributed by atoms with Crippen LogP contribution in [-0.2, 0) is 9.53 Å². The van der Waals surface area contributed by atoms with Crippen LogP contribution in [0.4, 0.5) is 0 Å². The zero-order chi connectivity index (χ0) is 17.5. The van der Waals surface area contributed by atoms with Gasteiger partial charge in [0.1, 0.15) is 0 Å². The molecule has 0 bridgehead atoms. The highest BCUT2D eigenvalue weighted by Crippen LogP contribution is 2.22. The molecule has 0 heterocycles. The molecule has 0 aliphatic heterocycles. The number of ketones is 1. The van der Waals surface area contributed by atoms with Gasteiger partial charge in [-0.05, 0) is 42.2 Å². The van der Waals surface area contributed by atoms with Crippen LogP contribution in [-0.4, -0.2) is 29.7 Å². The molecule has 0 aliphatic rings. The van der Waals surface area contributed by atoms with E-state index in [1.807, 2.05) is 36.4 Å². The van der Waals surface area contributed by atoms with E-state index in [2.05, 4.69) is 4.74 Å². The molecular weight excluding hydrogens is 324 g/mol. The number of fused-ring (bicyclic) bond motifs is 1. The summed E-state index contributed by atoms with van der Waals surface area (Å²) in [6.45, 7) is 1.82. The molecule has 0 fully saturated rings. The first-order valence-electron chi connectivity index (χ1n) is 7.42. The highest BCUT2D eigenvalue weighted by atomic mass is 32.2. The molecule has 5 heteroatoms. The second kappa shape index (κ2) is 8.36. The van der Waals surface area contributed by atoms with Gasteiger partial charge in [-0.15, -0.1) is 11.8 Å². The Morgan fingerprint density at radius 2 is 1.83 bits per heavy atom. The Morgan fingerprint density at radius 1 is 1.12 bits per heavy atom. The van der Waals surface area contributed by atoms with E-state index >= 15 is 0 Å². The summed E-state index contributed by atoms with van der Waals surface area (Å²) in [4.78, 5) is 24.4. The smallest absolute Gasteiger partial charge is 0.373 e. The predicted molar refractivity (Wildman–Crippen MR) is 97.2 cm³/mol. The van der Waals surface area contributed by atoms with Crippen molar-refractivity contribution >= 4 is 34.3 Å². The number of aliphatic hydroxyl groups is 1. The minimum Gasteiger partial charge on any atom is -0.502 e. The van der Waals surface area contributed by atoms with Gasteiger partial charge >= 0.3 is 5.97 Å². The molecule has 0 saturated carbocycles. The fourth-order valence-electron chi connectivity index (χ4n) is 2.14. The van der Waals surface area contributed by atoms with Crippen molar-refractivity contribution in [2.24, 2.45) is 0 Å². The zero-order valence-corrected chi connectivity index (χ0v) is 14.3. The summed E-state index contributed by atoms with van der Waals surface area (Å²) in [5.41, 5.74) is 0.554. The molecule has 0 aliphatic carbocycles. The topological polar surface area (TPSA) is 63.6 Å². The van der Waals surface area contributed by atoms with Crippen molar-refractivity contribution in [3.05, 3.63) is 70.8 Å². The van der Waals surface area contributed by atoms with Gasteiger partial charge in [0.05, 0.1) is 11.5 Å². The molecule has 0 radical (unpaired) electrons. The van der Waals surface area contributed by atoms with Crippen LogP contribution in [0.15, 0.2) is 65.3 Å². The monoisotopic (exact) mass is 342 g/mol. The predicted octanol–water partition coefficient (Wildman–Crippen LogP) is 4.27. The van der Waals surface area contributed by atoms with Gasteiger partial charge in [-0.1, -0.05) is 36.4 Å². The van der Waals surface area contributed by atoms with Gasteiger partial charge in [0.2, 0.25) is 5.76 Å². The fraction of sp³-hybridized carbons (Fsp3) is 0.158. The average Bonchev–Trinajstić information content (AvgIpc) is 2.61. The lowest BCUT2D eigenvalue weighted by atomic mass is 10.0. The van der Waals surface area contributed by atoms with Crippen LogP contribution in [0.5, 0.6) is 0 Å². The Bertz CT molecular complexity index is 821. The first kappa shape index (κ1) is 17.8. The molecule has 4 nitrogen and oxygen atoms in total. The van der Waals surface area contributed by atoms with E-state index in [4.69, 9.17) is 0 Å². The van der Waals surface area contributed by atoms with Crippen LogP contribution in [0.1, 0.15) is 17.3 Å². The molecule has 0 spiro atoms. The third kappa shape index (κ3) is 4.26. The van der Waals surface area contributed by atoms with Crippen LogP contribution in [0.2, 0.25) is 0 Å². The van der Waals surface area contributed by atoms with E-state index in [-0.39, 0.29) is 12.4 Å². The van der Waals surface area contributed by atoms with Crippen LogP contribution in [0, 0.1) is 0 Å². The lowest BCUT2D eigenvalue weighted by Crippen LogP contribution is -2.07. The molecule has 0 amide bonds. The van der Waals surface area contributed by atoms with Crippen molar-refractivity contribution < 1.29 is 19.4 Å². The second-order valence-electron chi connectivity index (χ2n) is 4.90. The average molecular weight is 342 g/mol. The van der Waals surface area contributed by atoms with E-state index in [0.29, 0.717) is 10.5 Å². The number of thioether (sulfide) groups is 1. The summed E-state index contributed by atoms with van der Waals surface area (Å²) in [7, 11) is 0. The maximum absolute atomic E-state index is 12.6. The third-order valence-electron chi connectivity index (χ3n) is 3.33. The summed E-state index contributed by atoms with van der Waals surface area (Å²) in [5.74, 6) is -1.51. The molecule has 0 saturated heterocycles. The van der Waals surface area contributed by atoms with Crippen molar-refractivity contribution in [3.63, 3.8) is 0 Å². The van der Waals surface area contributed by atoms with Crippen LogP contribution in [0.3, 0.4) is 0 Å². The molecule has 124 valence electrons. The Balaban J connectivity index is 2.28. The number of hydrogen-bond donors (Lipinski definition) is 1. The van der Waals surface area contributed by atoms with E-state index < -0.39 is 11.7 Å². The Hall–Kier alpha value is -2.53. The molecule has 1 N–H and O–H groups in total. The van der Waals surface area contributed by atoms with E-state index in [9.17, 15) is 14.7 Å². The number of aliphatic hydroxyl groups excluding tert-OH is 1. The quantitative estimate of drug-likeness (QED) is 0.279. The van der Waals surface area contributed by atoms with Gasteiger partial charge < -0.3 is 9.84 Å². The highest BCUT2D eigenvalue weighted by Gasteiger charge is 2.13. The number of benzene rings is 2. The standard InChI is InChI=1S/C19H18O4S/c1-3-23-19(22)16(20)10-11-17(24-2)18(21)15-9-8-13-6-4-5-7-14(13)12-15/h4-12,20H,3H2,1-2H3/b16-10-,17-11-. The molecule has 0 unspecified atom stereocenters. The van der Waals surface area contributed by atoms with Crippen molar-refractivity contribution in [1.29, 1.82) is 0 Å². The molecule has 2 aromatic carbocycles. The Kier molecular flexibility index (Phi) is 6.21. The van der Waals surface area contributed by atoms with Gasteiger partial charge in [0.25, 0.3) is 0 Å². The van der Waals surface area contributed by atoms with Gasteiger partial charge in [-0.3, -0.25) is 4.79 Å². The summed E-state index contributed by atoms with van der Waals surface area (Å²) >= 11 is 1.25. The molecule has 2 rings (SSSR count). The molecular formula is C19H18O4S. The first-order valence-corrected chi connectivity index (χ1v) is 8.64. The fourth-order valence-corrected chi connectivity index (χ4v) is 2.64. The third-order valence-corrected chi connectivity index (χ3v) is 4.09. The second-order valence-corrected chi connectivity index (χ2v) is 5.75. The molecule has 2 aromatic rings. The number of carbonyl (C=O) groups excluding carboxylic acids is 2. The number of ether oxygens (including phenoxy) is 1. The minimum atomic E-state index is -0.813. The minimum absolute atomic E-state index is 0.166. The van der Waals surface area contributed by atoms with Gasteiger partial charge in [0.15, 0.2) is 5.78 Å². The largest absolute Gasteiger partial charge is 0.502 e. The van der Waals surface area contributed by atoms with Crippen molar-refractivity contribution in [1.82, 2.24) is 0 Å².